The fourth-order valence-corrected chi connectivity index (χ4v) is 1.55. The Morgan fingerprint density at radius 1 is 1.35 bits per heavy atom. The van der Waals surface area contributed by atoms with E-state index >= 15 is 0 Å². The predicted molar refractivity (Wildman–Crippen MR) is 63.4 cm³/mol. The van der Waals surface area contributed by atoms with Gasteiger partial charge < -0.3 is 15.8 Å². The highest BCUT2D eigenvalue weighted by Crippen LogP contribution is 2.03. The van der Waals surface area contributed by atoms with Crippen molar-refractivity contribution in [1.29, 1.82) is 0 Å². The Kier molecular flexibility index (Phi) is 4.14. The molecule has 17 heavy (non-hydrogen) atoms. The van der Waals surface area contributed by atoms with Crippen LogP contribution in [-0.2, 0) is 9.59 Å². The minimum Gasteiger partial charge on any atom is -0.480 e. The van der Waals surface area contributed by atoms with Crippen LogP contribution in [0.2, 0.25) is 0 Å². The van der Waals surface area contributed by atoms with Crippen LogP contribution >= 0.6 is 0 Å². The highest BCUT2D eigenvalue weighted by molar-refractivity contribution is 5.82. The molecular formula is C11H17N3O3. The maximum absolute atomic E-state index is 10.9. The Morgan fingerprint density at radius 2 is 1.88 bits per heavy atom. The monoisotopic (exact) mass is 239 g/mol. The number of rotatable bonds is 5. The Balaban J connectivity index is 2.64. The summed E-state index contributed by atoms with van der Waals surface area (Å²) in [5, 5.41) is 11.3. The lowest BCUT2D eigenvalue weighted by Gasteiger charge is -2.17. The van der Waals surface area contributed by atoms with Gasteiger partial charge in [0.2, 0.25) is 5.91 Å². The van der Waals surface area contributed by atoms with E-state index in [9.17, 15) is 9.59 Å². The molecule has 0 aliphatic carbocycles. The summed E-state index contributed by atoms with van der Waals surface area (Å²) in [4.78, 5) is 21.7. The van der Waals surface area contributed by atoms with E-state index in [2.05, 4.69) is 10.7 Å². The Labute approximate surface area is 99.6 Å². The normalized spacial score (nSPS) is 11.9. The molecule has 0 aliphatic heterocycles. The smallest absolute Gasteiger partial charge is 0.328 e. The van der Waals surface area contributed by atoms with Crippen molar-refractivity contribution in [2.45, 2.75) is 26.8 Å². The number of nitrogens with one attached hydrogen (secondary N) is 2. The van der Waals surface area contributed by atoms with Crippen molar-refractivity contribution in [2.24, 2.45) is 0 Å². The van der Waals surface area contributed by atoms with Crippen LogP contribution in [0.3, 0.4) is 0 Å². The van der Waals surface area contributed by atoms with E-state index in [0.29, 0.717) is 0 Å². The zero-order valence-corrected chi connectivity index (χ0v) is 10.2. The number of carbonyl (C=O) groups excluding carboxylic acids is 1. The summed E-state index contributed by atoms with van der Waals surface area (Å²) in [6.45, 7) is 5.25. The van der Waals surface area contributed by atoms with E-state index in [-0.39, 0.29) is 12.5 Å². The first-order valence-corrected chi connectivity index (χ1v) is 5.30. The molecule has 0 saturated carbocycles. The van der Waals surface area contributed by atoms with Gasteiger partial charge in [-0.15, -0.1) is 0 Å². The molecule has 94 valence electrons. The minimum atomic E-state index is -1.06. The Bertz CT molecular complexity index is 406. The summed E-state index contributed by atoms with van der Waals surface area (Å²) in [5.74, 6) is -1.42. The van der Waals surface area contributed by atoms with Crippen LogP contribution < -0.4 is 10.7 Å². The Hall–Kier alpha value is -1.98. The molecule has 1 aromatic heterocycles. The molecule has 6 nitrogen and oxygen atoms in total. The van der Waals surface area contributed by atoms with Gasteiger partial charge in [0.15, 0.2) is 0 Å². The van der Waals surface area contributed by atoms with E-state index in [1.54, 1.807) is 4.68 Å². The van der Waals surface area contributed by atoms with E-state index in [1.165, 1.54) is 6.92 Å². The van der Waals surface area contributed by atoms with Gasteiger partial charge in [0.1, 0.15) is 6.04 Å². The molecule has 0 aromatic carbocycles. The highest BCUT2D eigenvalue weighted by Gasteiger charge is 2.18. The number of aryl methyl sites for hydroxylation is 2. The van der Waals surface area contributed by atoms with Gasteiger partial charge >= 0.3 is 5.97 Å². The second-order valence-electron chi connectivity index (χ2n) is 3.91. The van der Waals surface area contributed by atoms with Crippen LogP contribution in [0.15, 0.2) is 12.1 Å². The van der Waals surface area contributed by atoms with Gasteiger partial charge in [-0.05, 0) is 26.0 Å². The SMILES string of the molecule is CC(=O)NC(CNn1c(C)ccc1C)C(=O)O. The van der Waals surface area contributed by atoms with Gasteiger partial charge in [-0.2, -0.15) is 0 Å². The number of carboxylic acids is 1. The van der Waals surface area contributed by atoms with Gasteiger partial charge in [0.25, 0.3) is 0 Å². The second-order valence-corrected chi connectivity index (χ2v) is 3.91. The molecule has 0 spiro atoms. The van der Waals surface area contributed by atoms with Crippen LogP contribution in [0.5, 0.6) is 0 Å². The summed E-state index contributed by atoms with van der Waals surface area (Å²) in [5.41, 5.74) is 4.93. The fourth-order valence-electron chi connectivity index (χ4n) is 1.55. The van der Waals surface area contributed by atoms with E-state index in [0.717, 1.165) is 11.4 Å². The van der Waals surface area contributed by atoms with Gasteiger partial charge in [-0.25, -0.2) is 4.79 Å². The summed E-state index contributed by atoms with van der Waals surface area (Å²) in [7, 11) is 0. The molecule has 0 aliphatic rings. The zero-order chi connectivity index (χ0) is 13.0. The van der Waals surface area contributed by atoms with E-state index in [4.69, 9.17) is 5.11 Å². The predicted octanol–water partition coefficient (Wildman–Crippen LogP) is 0.238. The highest BCUT2D eigenvalue weighted by atomic mass is 16.4. The molecule has 1 aromatic rings. The van der Waals surface area contributed by atoms with Crippen LogP contribution in [-0.4, -0.2) is 34.2 Å². The lowest BCUT2D eigenvalue weighted by Crippen LogP contribution is -2.46. The third-order valence-corrected chi connectivity index (χ3v) is 2.40. The topological polar surface area (TPSA) is 83.4 Å². The number of aromatic nitrogens is 1. The van der Waals surface area contributed by atoms with Crippen molar-refractivity contribution in [2.75, 3.05) is 12.0 Å². The molecule has 1 heterocycles. The van der Waals surface area contributed by atoms with E-state index in [1.807, 2.05) is 26.0 Å². The number of carboxylic acid groups (broad SMARTS) is 1. The Morgan fingerprint density at radius 3 is 2.29 bits per heavy atom. The van der Waals surface area contributed by atoms with Crippen molar-refractivity contribution < 1.29 is 14.7 Å². The molecule has 1 unspecified atom stereocenters. The molecule has 3 N–H and O–H groups in total. The third-order valence-electron chi connectivity index (χ3n) is 2.40. The van der Waals surface area contributed by atoms with E-state index < -0.39 is 12.0 Å². The lowest BCUT2D eigenvalue weighted by atomic mass is 10.3. The summed E-state index contributed by atoms with van der Waals surface area (Å²) in [6.07, 6.45) is 0. The average molecular weight is 239 g/mol. The number of amides is 1. The molecule has 0 saturated heterocycles. The third kappa shape index (κ3) is 3.51. The van der Waals surface area contributed by atoms with Crippen LogP contribution in [0.4, 0.5) is 0 Å². The standard InChI is InChI=1S/C11H17N3O3/c1-7-4-5-8(2)14(7)12-6-10(11(16)17)13-9(3)15/h4-5,10,12H,6H2,1-3H3,(H,13,15)(H,16,17). The second kappa shape index (κ2) is 5.38. The number of aliphatic carboxylic acids is 1. The van der Waals surface area contributed by atoms with Crippen molar-refractivity contribution >= 4 is 11.9 Å². The number of nitrogens with zero attached hydrogens (tertiary/aromatic N) is 1. The van der Waals surface area contributed by atoms with Crippen molar-refractivity contribution in [3.05, 3.63) is 23.5 Å². The molecule has 6 heteroatoms. The summed E-state index contributed by atoms with van der Waals surface area (Å²) < 4.78 is 1.79. The lowest BCUT2D eigenvalue weighted by molar-refractivity contribution is -0.141. The van der Waals surface area contributed by atoms with Crippen molar-refractivity contribution in [3.8, 4) is 0 Å². The van der Waals surface area contributed by atoms with Crippen LogP contribution in [0.1, 0.15) is 18.3 Å². The van der Waals surface area contributed by atoms with Gasteiger partial charge in [-0.3, -0.25) is 9.47 Å². The number of hydrogen-bond donors (Lipinski definition) is 3. The first-order chi connectivity index (χ1) is 7.91. The van der Waals surface area contributed by atoms with Gasteiger partial charge in [0, 0.05) is 18.3 Å². The molecule has 0 bridgehead atoms. The average Bonchev–Trinajstić information content (AvgIpc) is 2.53. The summed E-state index contributed by atoms with van der Waals surface area (Å²) in [6, 6.07) is 2.92. The summed E-state index contributed by atoms with van der Waals surface area (Å²) >= 11 is 0. The molecule has 1 amide bonds. The molecule has 1 rings (SSSR count). The fraction of sp³-hybridized carbons (Fsp3) is 0.455. The van der Waals surface area contributed by atoms with Gasteiger partial charge in [-0.1, -0.05) is 0 Å². The maximum atomic E-state index is 10.9. The molecule has 0 radical (unpaired) electrons. The van der Waals surface area contributed by atoms with Gasteiger partial charge in [0.05, 0.1) is 6.54 Å². The minimum absolute atomic E-state index is 0.130. The first kappa shape index (κ1) is 13.1. The first-order valence-electron chi connectivity index (χ1n) is 5.30. The number of carbonyl (C=O) groups is 2. The zero-order valence-electron chi connectivity index (χ0n) is 10.2. The molecule has 0 fully saturated rings. The maximum Gasteiger partial charge on any atom is 0.328 e. The van der Waals surface area contributed by atoms with Crippen LogP contribution in [0, 0.1) is 13.8 Å². The van der Waals surface area contributed by atoms with Crippen LogP contribution in [0.25, 0.3) is 0 Å². The largest absolute Gasteiger partial charge is 0.480 e. The molecular weight excluding hydrogens is 222 g/mol. The number of hydrogen-bond acceptors (Lipinski definition) is 3. The van der Waals surface area contributed by atoms with Crippen molar-refractivity contribution in [3.63, 3.8) is 0 Å². The quantitative estimate of drug-likeness (QED) is 0.687. The molecule has 1 atom stereocenters. The van der Waals surface area contributed by atoms with Crippen molar-refractivity contribution in [1.82, 2.24) is 9.99 Å².